The van der Waals surface area contributed by atoms with Crippen molar-refractivity contribution in [3.63, 3.8) is 0 Å². The molecule has 0 aliphatic carbocycles. The van der Waals surface area contributed by atoms with Gasteiger partial charge in [0.05, 0.1) is 6.20 Å². The zero-order chi connectivity index (χ0) is 12.1. The van der Waals surface area contributed by atoms with E-state index in [0.717, 1.165) is 19.5 Å². The van der Waals surface area contributed by atoms with Crippen LogP contribution in [0, 0.1) is 5.92 Å². The number of aromatic nitrogens is 2. The molecule has 4 nitrogen and oxygen atoms in total. The summed E-state index contributed by atoms with van der Waals surface area (Å²) >= 11 is 0. The van der Waals surface area contributed by atoms with Crippen molar-refractivity contribution in [2.75, 3.05) is 13.6 Å². The molecular formula is C12H24N4. The fraction of sp³-hybridized carbons (Fsp3) is 0.750. The first-order chi connectivity index (χ1) is 7.47. The van der Waals surface area contributed by atoms with Crippen LogP contribution in [0.25, 0.3) is 0 Å². The van der Waals surface area contributed by atoms with Gasteiger partial charge in [0.1, 0.15) is 0 Å². The molecular weight excluding hydrogens is 200 g/mol. The van der Waals surface area contributed by atoms with Crippen LogP contribution in [0.1, 0.15) is 25.8 Å². The Balaban J connectivity index is 2.32. The van der Waals surface area contributed by atoms with Crippen molar-refractivity contribution in [2.24, 2.45) is 18.7 Å². The number of hydrogen-bond donors (Lipinski definition) is 1. The Labute approximate surface area is 98.4 Å². The summed E-state index contributed by atoms with van der Waals surface area (Å²) in [5.41, 5.74) is 7.31. The highest BCUT2D eigenvalue weighted by atomic mass is 15.2. The maximum atomic E-state index is 6.07. The maximum Gasteiger partial charge on any atom is 0.0534 e. The summed E-state index contributed by atoms with van der Waals surface area (Å²) in [6.45, 7) is 6.27. The molecule has 4 heteroatoms. The molecule has 0 aromatic carbocycles. The second-order valence-electron chi connectivity index (χ2n) is 5.11. The van der Waals surface area contributed by atoms with E-state index in [2.05, 4.69) is 30.9 Å². The van der Waals surface area contributed by atoms with Gasteiger partial charge in [0, 0.05) is 37.9 Å². The predicted octanol–water partition coefficient (Wildman–Crippen LogP) is 1.23. The van der Waals surface area contributed by atoms with Crippen molar-refractivity contribution in [1.82, 2.24) is 14.7 Å². The summed E-state index contributed by atoms with van der Waals surface area (Å²) in [4.78, 5) is 2.25. The number of rotatable bonds is 6. The second kappa shape index (κ2) is 6.01. The number of nitrogens with two attached hydrogens (primary N) is 1. The molecule has 1 aromatic rings. The third-order valence-corrected chi connectivity index (χ3v) is 2.53. The van der Waals surface area contributed by atoms with Gasteiger partial charge in [-0.3, -0.25) is 4.68 Å². The molecule has 0 saturated carbocycles. The molecule has 0 aliphatic heterocycles. The SMILES string of the molecule is CC(C)CC(N)CN(C)Cc1cnn(C)c1. The number of likely N-dealkylation sites (N-methyl/N-ethyl adjacent to an activating group) is 1. The summed E-state index contributed by atoms with van der Waals surface area (Å²) in [6.07, 6.45) is 5.03. The molecule has 0 radical (unpaired) electrons. The maximum absolute atomic E-state index is 6.07. The minimum absolute atomic E-state index is 0.265. The van der Waals surface area contributed by atoms with Gasteiger partial charge in [0.2, 0.25) is 0 Å². The summed E-state index contributed by atoms with van der Waals surface area (Å²) in [7, 11) is 4.04. The molecule has 0 bridgehead atoms. The molecule has 1 heterocycles. The van der Waals surface area contributed by atoms with E-state index >= 15 is 0 Å². The molecule has 1 rings (SSSR count). The predicted molar refractivity (Wildman–Crippen MR) is 67.0 cm³/mol. The molecule has 0 spiro atoms. The fourth-order valence-electron chi connectivity index (χ4n) is 2.01. The van der Waals surface area contributed by atoms with Gasteiger partial charge in [-0.05, 0) is 19.4 Å². The van der Waals surface area contributed by atoms with E-state index in [-0.39, 0.29) is 6.04 Å². The standard InChI is InChI=1S/C12H24N4/c1-10(2)5-12(13)9-15(3)7-11-6-14-16(4)8-11/h6,8,10,12H,5,7,9,13H2,1-4H3. The lowest BCUT2D eigenvalue weighted by molar-refractivity contribution is 0.287. The zero-order valence-corrected chi connectivity index (χ0v) is 10.8. The van der Waals surface area contributed by atoms with Gasteiger partial charge in [-0.25, -0.2) is 0 Å². The lowest BCUT2D eigenvalue weighted by Gasteiger charge is -2.21. The first kappa shape index (κ1) is 13.2. The van der Waals surface area contributed by atoms with Crippen molar-refractivity contribution in [3.8, 4) is 0 Å². The van der Waals surface area contributed by atoms with Gasteiger partial charge >= 0.3 is 0 Å². The van der Waals surface area contributed by atoms with Crippen LogP contribution in [0.3, 0.4) is 0 Å². The summed E-state index contributed by atoms with van der Waals surface area (Å²) in [6, 6.07) is 0.265. The monoisotopic (exact) mass is 224 g/mol. The highest BCUT2D eigenvalue weighted by molar-refractivity contribution is 5.03. The van der Waals surface area contributed by atoms with E-state index in [1.807, 2.05) is 24.1 Å². The van der Waals surface area contributed by atoms with Crippen molar-refractivity contribution in [3.05, 3.63) is 18.0 Å². The van der Waals surface area contributed by atoms with Gasteiger partial charge in [-0.1, -0.05) is 13.8 Å². The van der Waals surface area contributed by atoms with E-state index in [1.54, 1.807) is 0 Å². The van der Waals surface area contributed by atoms with Gasteiger partial charge < -0.3 is 10.6 Å². The van der Waals surface area contributed by atoms with Gasteiger partial charge in [-0.15, -0.1) is 0 Å². The van der Waals surface area contributed by atoms with E-state index in [0.29, 0.717) is 5.92 Å². The third kappa shape index (κ3) is 4.77. The van der Waals surface area contributed by atoms with Crippen molar-refractivity contribution >= 4 is 0 Å². The lowest BCUT2D eigenvalue weighted by atomic mass is 10.0. The van der Waals surface area contributed by atoms with Crippen molar-refractivity contribution in [2.45, 2.75) is 32.9 Å². The highest BCUT2D eigenvalue weighted by Crippen LogP contribution is 2.06. The number of aryl methyl sites for hydroxylation is 1. The van der Waals surface area contributed by atoms with Crippen LogP contribution >= 0.6 is 0 Å². The van der Waals surface area contributed by atoms with Crippen LogP contribution in [0.15, 0.2) is 12.4 Å². The number of nitrogens with zero attached hydrogens (tertiary/aromatic N) is 3. The van der Waals surface area contributed by atoms with Crippen LogP contribution in [-0.4, -0.2) is 34.3 Å². The Hall–Kier alpha value is -0.870. The van der Waals surface area contributed by atoms with Crippen LogP contribution in [0.5, 0.6) is 0 Å². The first-order valence-corrected chi connectivity index (χ1v) is 5.89. The van der Waals surface area contributed by atoms with E-state index in [1.165, 1.54) is 5.56 Å². The van der Waals surface area contributed by atoms with Crippen LogP contribution in [0.2, 0.25) is 0 Å². The molecule has 16 heavy (non-hydrogen) atoms. The topological polar surface area (TPSA) is 47.1 Å². The van der Waals surface area contributed by atoms with Gasteiger partial charge in [0.15, 0.2) is 0 Å². The quantitative estimate of drug-likeness (QED) is 0.790. The fourth-order valence-corrected chi connectivity index (χ4v) is 2.01. The average Bonchev–Trinajstić information content (AvgIpc) is 2.48. The average molecular weight is 224 g/mol. The molecule has 0 saturated heterocycles. The largest absolute Gasteiger partial charge is 0.327 e. The first-order valence-electron chi connectivity index (χ1n) is 5.89. The highest BCUT2D eigenvalue weighted by Gasteiger charge is 2.09. The van der Waals surface area contributed by atoms with Crippen LogP contribution in [0.4, 0.5) is 0 Å². The minimum atomic E-state index is 0.265. The Bertz CT molecular complexity index is 306. The Morgan fingerprint density at radius 3 is 2.69 bits per heavy atom. The summed E-state index contributed by atoms with van der Waals surface area (Å²) in [5, 5.41) is 4.16. The molecule has 0 fully saturated rings. The lowest BCUT2D eigenvalue weighted by Crippen LogP contribution is -2.35. The Morgan fingerprint density at radius 2 is 2.19 bits per heavy atom. The Morgan fingerprint density at radius 1 is 1.50 bits per heavy atom. The van der Waals surface area contributed by atoms with E-state index < -0.39 is 0 Å². The molecule has 0 amide bonds. The van der Waals surface area contributed by atoms with Crippen LogP contribution < -0.4 is 5.73 Å². The summed E-state index contributed by atoms with van der Waals surface area (Å²) in [5.74, 6) is 0.668. The zero-order valence-electron chi connectivity index (χ0n) is 10.8. The van der Waals surface area contributed by atoms with Gasteiger partial charge in [-0.2, -0.15) is 5.10 Å². The minimum Gasteiger partial charge on any atom is -0.327 e. The smallest absolute Gasteiger partial charge is 0.0534 e. The molecule has 1 atom stereocenters. The summed E-state index contributed by atoms with van der Waals surface area (Å²) < 4.78 is 1.83. The molecule has 92 valence electrons. The molecule has 0 aliphatic rings. The van der Waals surface area contributed by atoms with Gasteiger partial charge in [0.25, 0.3) is 0 Å². The third-order valence-electron chi connectivity index (χ3n) is 2.53. The number of hydrogen-bond acceptors (Lipinski definition) is 3. The molecule has 2 N–H and O–H groups in total. The van der Waals surface area contributed by atoms with Crippen molar-refractivity contribution in [1.29, 1.82) is 0 Å². The van der Waals surface area contributed by atoms with E-state index in [9.17, 15) is 0 Å². The van der Waals surface area contributed by atoms with Crippen molar-refractivity contribution < 1.29 is 0 Å². The normalized spacial score (nSPS) is 13.7. The molecule has 1 aromatic heterocycles. The Kier molecular flexibility index (Phi) is 4.96. The van der Waals surface area contributed by atoms with Crippen LogP contribution in [-0.2, 0) is 13.6 Å². The molecule has 1 unspecified atom stereocenters. The van der Waals surface area contributed by atoms with E-state index in [4.69, 9.17) is 5.73 Å². The second-order valence-corrected chi connectivity index (χ2v) is 5.11.